The van der Waals surface area contributed by atoms with Crippen molar-refractivity contribution in [3.63, 3.8) is 0 Å². The van der Waals surface area contributed by atoms with Crippen molar-refractivity contribution in [3.05, 3.63) is 24.3 Å². The maximum Gasteiger partial charge on any atom is 0.298 e. The van der Waals surface area contributed by atoms with Crippen LogP contribution in [0.4, 0.5) is 5.69 Å². The summed E-state index contributed by atoms with van der Waals surface area (Å²) in [7, 11) is -2.21. The lowest BCUT2D eigenvalue weighted by Gasteiger charge is -2.09. The maximum atomic E-state index is 11.2. The van der Waals surface area contributed by atoms with E-state index in [1.807, 2.05) is 0 Å². The Labute approximate surface area is 105 Å². The molecule has 17 heavy (non-hydrogen) atoms. The number of nitrogens with one attached hydrogen (secondary N) is 2. The molecule has 4 N–H and O–H groups in total. The van der Waals surface area contributed by atoms with Gasteiger partial charge in [-0.05, 0) is 12.1 Å². The van der Waals surface area contributed by atoms with Gasteiger partial charge in [-0.2, -0.15) is 8.42 Å². The van der Waals surface area contributed by atoms with Gasteiger partial charge in [0.2, 0.25) is 0 Å². The lowest BCUT2D eigenvalue weighted by Crippen LogP contribution is -2.26. The van der Waals surface area contributed by atoms with Crippen molar-refractivity contribution in [2.75, 3.05) is 18.4 Å². The van der Waals surface area contributed by atoms with Gasteiger partial charge in [0.1, 0.15) is 17.3 Å². The van der Waals surface area contributed by atoms with Crippen LogP contribution >= 0.6 is 12.2 Å². The van der Waals surface area contributed by atoms with Gasteiger partial charge in [0, 0.05) is 13.1 Å². The summed E-state index contributed by atoms with van der Waals surface area (Å²) >= 11 is 4.67. The fraction of sp³-hybridized carbons (Fsp3) is 0.222. The van der Waals surface area contributed by atoms with E-state index in [1.165, 1.54) is 13.1 Å². The van der Waals surface area contributed by atoms with E-state index in [1.54, 1.807) is 18.2 Å². The maximum absolute atomic E-state index is 11.2. The zero-order valence-electron chi connectivity index (χ0n) is 9.14. The largest absolute Gasteiger partial charge is 0.486 e. The molecule has 0 aliphatic heterocycles. The smallest absolute Gasteiger partial charge is 0.298 e. The molecular formula is C9H13N3O3S2. The highest BCUT2D eigenvalue weighted by Crippen LogP contribution is 2.17. The SMILES string of the molecule is CNS(=O)(=O)Nc1cccc(OCC(N)=S)c1. The van der Waals surface area contributed by atoms with Crippen molar-refractivity contribution in [2.24, 2.45) is 5.73 Å². The number of hydrogen-bond acceptors (Lipinski definition) is 4. The van der Waals surface area contributed by atoms with Crippen LogP contribution in [0.15, 0.2) is 24.3 Å². The molecule has 0 unspecified atom stereocenters. The first-order chi connectivity index (χ1) is 7.93. The average molecular weight is 275 g/mol. The number of nitrogens with two attached hydrogens (primary N) is 1. The van der Waals surface area contributed by atoms with Crippen LogP contribution < -0.4 is 19.9 Å². The molecule has 0 aliphatic rings. The number of thiocarbonyl (C=S) groups is 1. The van der Waals surface area contributed by atoms with Crippen LogP contribution in [0, 0.1) is 0 Å². The van der Waals surface area contributed by atoms with Gasteiger partial charge in [-0.1, -0.05) is 18.3 Å². The summed E-state index contributed by atoms with van der Waals surface area (Å²) in [5.74, 6) is 0.481. The molecule has 0 spiro atoms. The highest BCUT2D eigenvalue weighted by atomic mass is 32.2. The van der Waals surface area contributed by atoms with E-state index < -0.39 is 10.2 Å². The minimum Gasteiger partial charge on any atom is -0.486 e. The predicted octanol–water partition coefficient (Wildman–Crippen LogP) is 0.228. The van der Waals surface area contributed by atoms with Gasteiger partial charge in [-0.3, -0.25) is 4.72 Å². The number of benzene rings is 1. The summed E-state index contributed by atoms with van der Waals surface area (Å²) in [6.45, 7) is 0.109. The van der Waals surface area contributed by atoms with Crippen molar-refractivity contribution >= 4 is 33.1 Å². The van der Waals surface area contributed by atoms with Crippen LogP contribution in [-0.2, 0) is 10.2 Å². The number of rotatable bonds is 6. The first-order valence-corrected chi connectivity index (χ1v) is 6.54. The molecule has 8 heteroatoms. The Balaban J connectivity index is 2.76. The van der Waals surface area contributed by atoms with E-state index in [9.17, 15) is 8.42 Å². The zero-order chi connectivity index (χ0) is 12.9. The van der Waals surface area contributed by atoms with Crippen LogP contribution in [0.1, 0.15) is 0 Å². The number of ether oxygens (including phenoxy) is 1. The summed E-state index contributed by atoms with van der Waals surface area (Å²) in [6, 6.07) is 6.47. The third-order valence-corrected chi connectivity index (χ3v) is 2.90. The molecule has 0 atom stereocenters. The Morgan fingerprint density at radius 3 is 2.82 bits per heavy atom. The van der Waals surface area contributed by atoms with Crippen molar-refractivity contribution in [3.8, 4) is 5.75 Å². The molecule has 0 saturated carbocycles. The second kappa shape index (κ2) is 5.80. The minimum atomic E-state index is -3.53. The molecule has 1 rings (SSSR count). The Kier molecular flexibility index (Phi) is 4.67. The molecule has 0 radical (unpaired) electrons. The molecule has 0 aliphatic carbocycles. The molecule has 0 aromatic heterocycles. The van der Waals surface area contributed by atoms with Crippen LogP contribution in [0.25, 0.3) is 0 Å². The van der Waals surface area contributed by atoms with E-state index in [0.717, 1.165) is 0 Å². The molecule has 1 aromatic carbocycles. The third-order valence-electron chi connectivity index (χ3n) is 1.74. The van der Waals surface area contributed by atoms with Gasteiger partial charge in [0.05, 0.1) is 5.69 Å². The molecule has 0 saturated heterocycles. The molecule has 0 fully saturated rings. The summed E-state index contributed by atoms with van der Waals surface area (Å²) in [4.78, 5) is 0.228. The van der Waals surface area contributed by atoms with Gasteiger partial charge in [0.25, 0.3) is 10.2 Å². The van der Waals surface area contributed by atoms with E-state index in [2.05, 4.69) is 21.7 Å². The monoisotopic (exact) mass is 275 g/mol. The minimum absolute atomic E-state index is 0.109. The summed E-state index contributed by atoms with van der Waals surface area (Å²) in [6.07, 6.45) is 0. The number of hydrogen-bond donors (Lipinski definition) is 3. The molecule has 1 aromatic rings. The van der Waals surface area contributed by atoms with E-state index in [4.69, 9.17) is 10.5 Å². The standard InChI is InChI=1S/C9H13N3O3S2/c1-11-17(13,14)12-7-3-2-4-8(5-7)15-6-9(10)16/h2-5,11-12H,6H2,1H3,(H2,10,16). The Morgan fingerprint density at radius 1 is 1.53 bits per heavy atom. The lowest BCUT2D eigenvalue weighted by molar-refractivity contribution is 0.378. The van der Waals surface area contributed by atoms with Crippen LogP contribution in [0.3, 0.4) is 0 Å². The van der Waals surface area contributed by atoms with Gasteiger partial charge < -0.3 is 10.5 Å². The van der Waals surface area contributed by atoms with Crippen molar-refractivity contribution in [1.82, 2.24) is 4.72 Å². The second-order valence-corrected chi connectivity index (χ2v) is 5.24. The van der Waals surface area contributed by atoms with E-state index in [0.29, 0.717) is 11.4 Å². The Hall–Kier alpha value is -1.38. The van der Waals surface area contributed by atoms with E-state index >= 15 is 0 Å². The van der Waals surface area contributed by atoms with Gasteiger partial charge in [-0.15, -0.1) is 0 Å². The van der Waals surface area contributed by atoms with Crippen LogP contribution in [0.2, 0.25) is 0 Å². The Bertz CT molecular complexity index is 502. The van der Waals surface area contributed by atoms with Crippen molar-refractivity contribution in [1.29, 1.82) is 0 Å². The van der Waals surface area contributed by atoms with Crippen molar-refractivity contribution in [2.45, 2.75) is 0 Å². The predicted molar refractivity (Wildman–Crippen MR) is 70.3 cm³/mol. The second-order valence-electron chi connectivity index (χ2n) is 3.09. The number of anilines is 1. The molecule has 0 heterocycles. The van der Waals surface area contributed by atoms with E-state index in [-0.39, 0.29) is 11.6 Å². The summed E-state index contributed by atoms with van der Waals surface area (Å²) in [5.41, 5.74) is 5.68. The Morgan fingerprint density at radius 2 is 2.24 bits per heavy atom. The van der Waals surface area contributed by atoms with Crippen molar-refractivity contribution < 1.29 is 13.2 Å². The average Bonchev–Trinajstić information content (AvgIpc) is 2.26. The first kappa shape index (κ1) is 13.7. The highest BCUT2D eigenvalue weighted by Gasteiger charge is 2.06. The van der Waals surface area contributed by atoms with Crippen LogP contribution in [0.5, 0.6) is 5.75 Å². The highest BCUT2D eigenvalue weighted by molar-refractivity contribution is 7.90. The van der Waals surface area contributed by atoms with Gasteiger partial charge >= 0.3 is 0 Å². The summed E-state index contributed by atoms with van der Waals surface area (Å²) < 4.78 is 32.2. The fourth-order valence-electron chi connectivity index (χ4n) is 1.01. The molecular weight excluding hydrogens is 262 g/mol. The quantitative estimate of drug-likeness (QED) is 0.646. The van der Waals surface area contributed by atoms with Gasteiger partial charge in [-0.25, -0.2) is 4.72 Å². The normalized spacial score (nSPS) is 10.9. The molecule has 0 bridgehead atoms. The molecule has 0 amide bonds. The lowest BCUT2D eigenvalue weighted by atomic mass is 10.3. The van der Waals surface area contributed by atoms with Gasteiger partial charge in [0.15, 0.2) is 0 Å². The fourth-order valence-corrected chi connectivity index (χ4v) is 1.61. The topological polar surface area (TPSA) is 93.5 Å². The first-order valence-electron chi connectivity index (χ1n) is 4.65. The summed E-state index contributed by atoms with van der Waals surface area (Å²) in [5, 5.41) is 0. The molecule has 6 nitrogen and oxygen atoms in total. The zero-order valence-corrected chi connectivity index (χ0v) is 10.8. The van der Waals surface area contributed by atoms with Crippen LogP contribution in [-0.4, -0.2) is 27.1 Å². The third kappa shape index (κ3) is 4.98. The molecule has 94 valence electrons.